The van der Waals surface area contributed by atoms with Gasteiger partial charge >= 0.3 is 5.97 Å². The topological polar surface area (TPSA) is 55.8 Å². The second-order valence-electron chi connectivity index (χ2n) is 3.90. The van der Waals surface area contributed by atoms with Crippen molar-refractivity contribution in [3.8, 4) is 5.75 Å². The molecule has 104 valence electrons. The van der Waals surface area contributed by atoms with Crippen LogP contribution in [0.3, 0.4) is 0 Å². The monoisotopic (exact) mass is 265 g/mol. The molecule has 5 heteroatoms. The fourth-order valence-corrected chi connectivity index (χ4v) is 1.62. The highest BCUT2D eigenvalue weighted by molar-refractivity contribution is 5.89. The van der Waals surface area contributed by atoms with Gasteiger partial charge in [0.2, 0.25) is 0 Å². The third kappa shape index (κ3) is 5.09. The van der Waals surface area contributed by atoms with E-state index in [1.165, 1.54) is 0 Å². The number of benzene rings is 1. The Labute approximate surface area is 113 Å². The van der Waals surface area contributed by atoms with E-state index < -0.39 is 0 Å². The first-order valence-corrected chi connectivity index (χ1v) is 6.31. The maximum Gasteiger partial charge on any atom is 0.338 e. The van der Waals surface area contributed by atoms with Gasteiger partial charge in [-0.1, -0.05) is 13.8 Å². The number of hydrogen-bond acceptors (Lipinski definition) is 5. The van der Waals surface area contributed by atoms with E-state index in [4.69, 9.17) is 4.74 Å². The molecule has 0 N–H and O–H groups in total. The summed E-state index contributed by atoms with van der Waals surface area (Å²) in [7, 11) is 0. The number of esters is 1. The van der Waals surface area contributed by atoms with Gasteiger partial charge in [0.15, 0.2) is 0 Å². The van der Waals surface area contributed by atoms with Crippen LogP contribution in [0.25, 0.3) is 0 Å². The summed E-state index contributed by atoms with van der Waals surface area (Å²) in [5.41, 5.74) is 0.442. The molecule has 0 bridgehead atoms. The lowest BCUT2D eigenvalue weighted by atomic mass is 10.2. The van der Waals surface area contributed by atoms with Crippen LogP contribution in [0.5, 0.6) is 5.75 Å². The van der Waals surface area contributed by atoms with Crippen LogP contribution >= 0.6 is 0 Å². The second-order valence-corrected chi connectivity index (χ2v) is 3.90. The van der Waals surface area contributed by atoms with E-state index in [0.717, 1.165) is 19.6 Å². The molecule has 0 atom stereocenters. The molecule has 0 saturated carbocycles. The fraction of sp³-hybridized carbons (Fsp3) is 0.429. The summed E-state index contributed by atoms with van der Waals surface area (Å²) >= 11 is 0. The molecule has 0 aliphatic heterocycles. The van der Waals surface area contributed by atoms with E-state index in [2.05, 4.69) is 23.5 Å². The van der Waals surface area contributed by atoms with Gasteiger partial charge in [0, 0.05) is 6.54 Å². The van der Waals surface area contributed by atoms with Crippen molar-refractivity contribution in [2.45, 2.75) is 13.8 Å². The Hall–Kier alpha value is -1.88. The maximum atomic E-state index is 11.7. The number of carbonyl (C=O) groups excluding carboxylic acids is 2. The Kier molecular flexibility index (Phi) is 6.60. The van der Waals surface area contributed by atoms with Gasteiger partial charge < -0.3 is 14.4 Å². The molecule has 0 fully saturated rings. The third-order valence-electron chi connectivity index (χ3n) is 2.81. The molecule has 0 aliphatic rings. The molecule has 0 radical (unpaired) electrons. The van der Waals surface area contributed by atoms with Gasteiger partial charge in [-0.25, -0.2) is 4.79 Å². The fourth-order valence-electron chi connectivity index (χ4n) is 1.62. The lowest BCUT2D eigenvalue weighted by Gasteiger charge is -2.17. The van der Waals surface area contributed by atoms with Crippen LogP contribution in [0.1, 0.15) is 24.2 Å². The zero-order chi connectivity index (χ0) is 14.1. The molecule has 0 saturated heterocycles. The van der Waals surface area contributed by atoms with Crippen molar-refractivity contribution >= 4 is 12.4 Å². The predicted molar refractivity (Wildman–Crippen MR) is 71.2 cm³/mol. The van der Waals surface area contributed by atoms with Gasteiger partial charge in [-0.05, 0) is 37.4 Å². The summed E-state index contributed by atoms with van der Waals surface area (Å²) in [6.45, 7) is 7.45. The zero-order valence-electron chi connectivity index (χ0n) is 11.3. The van der Waals surface area contributed by atoms with E-state index >= 15 is 0 Å². The number of carbonyl (C=O) groups is 2. The van der Waals surface area contributed by atoms with Crippen molar-refractivity contribution in [2.75, 3.05) is 26.2 Å². The van der Waals surface area contributed by atoms with Crippen molar-refractivity contribution in [1.82, 2.24) is 4.90 Å². The van der Waals surface area contributed by atoms with Crippen molar-refractivity contribution < 1.29 is 19.1 Å². The smallest absolute Gasteiger partial charge is 0.338 e. The minimum Gasteiger partial charge on any atom is -0.461 e. The van der Waals surface area contributed by atoms with Gasteiger partial charge in [0.05, 0.1) is 5.56 Å². The highest BCUT2D eigenvalue weighted by Gasteiger charge is 2.08. The molecule has 0 aromatic heterocycles. The summed E-state index contributed by atoms with van der Waals surface area (Å²) in [6, 6.07) is 6.24. The Bertz CT molecular complexity index is 398. The van der Waals surface area contributed by atoms with Crippen LogP contribution in [0, 0.1) is 0 Å². The summed E-state index contributed by atoms with van der Waals surface area (Å²) in [5.74, 6) is 0.0273. The summed E-state index contributed by atoms with van der Waals surface area (Å²) in [4.78, 5) is 24.0. The first kappa shape index (κ1) is 15.2. The van der Waals surface area contributed by atoms with Gasteiger partial charge in [-0.2, -0.15) is 0 Å². The molecule has 1 aromatic rings. The average molecular weight is 265 g/mol. The highest BCUT2D eigenvalue weighted by Crippen LogP contribution is 2.12. The van der Waals surface area contributed by atoms with Crippen LogP contribution in [0.4, 0.5) is 0 Å². The Balaban J connectivity index is 2.42. The largest absolute Gasteiger partial charge is 0.461 e. The van der Waals surface area contributed by atoms with E-state index in [0.29, 0.717) is 24.4 Å². The van der Waals surface area contributed by atoms with Crippen LogP contribution in [0.15, 0.2) is 24.3 Å². The number of nitrogens with zero attached hydrogens (tertiary/aromatic N) is 1. The van der Waals surface area contributed by atoms with Crippen LogP contribution in [0.2, 0.25) is 0 Å². The lowest BCUT2D eigenvalue weighted by Crippen LogP contribution is -2.27. The molecular formula is C14H19NO4. The van der Waals surface area contributed by atoms with Crippen molar-refractivity contribution in [3.63, 3.8) is 0 Å². The Morgan fingerprint density at radius 2 is 1.84 bits per heavy atom. The molecule has 0 unspecified atom stereocenters. The Morgan fingerprint density at radius 3 is 2.37 bits per heavy atom. The number of likely N-dealkylation sites (N-methyl/N-ethyl adjacent to an activating group) is 1. The first-order chi connectivity index (χ1) is 9.21. The van der Waals surface area contributed by atoms with Crippen LogP contribution in [-0.4, -0.2) is 43.6 Å². The summed E-state index contributed by atoms with van der Waals surface area (Å²) < 4.78 is 9.81. The summed E-state index contributed by atoms with van der Waals surface area (Å²) in [6.07, 6.45) is 0. The van der Waals surface area contributed by atoms with E-state index in [9.17, 15) is 9.59 Å². The van der Waals surface area contributed by atoms with Gasteiger partial charge in [-0.15, -0.1) is 0 Å². The molecular weight excluding hydrogens is 246 g/mol. The average Bonchev–Trinajstić information content (AvgIpc) is 2.44. The molecule has 0 heterocycles. The van der Waals surface area contributed by atoms with E-state index in [1.54, 1.807) is 24.3 Å². The third-order valence-corrected chi connectivity index (χ3v) is 2.81. The molecule has 5 nitrogen and oxygen atoms in total. The molecule has 0 aliphatic carbocycles. The van der Waals surface area contributed by atoms with E-state index in [1.807, 2.05) is 0 Å². The van der Waals surface area contributed by atoms with E-state index in [-0.39, 0.29) is 5.97 Å². The van der Waals surface area contributed by atoms with Crippen molar-refractivity contribution in [2.24, 2.45) is 0 Å². The van der Waals surface area contributed by atoms with Gasteiger partial charge in [0.1, 0.15) is 12.4 Å². The van der Waals surface area contributed by atoms with Crippen molar-refractivity contribution in [1.29, 1.82) is 0 Å². The number of hydrogen-bond donors (Lipinski definition) is 0. The van der Waals surface area contributed by atoms with Gasteiger partial charge in [-0.3, -0.25) is 4.79 Å². The Morgan fingerprint density at radius 1 is 1.21 bits per heavy atom. The predicted octanol–water partition coefficient (Wildman–Crippen LogP) is 1.72. The summed E-state index contributed by atoms with van der Waals surface area (Å²) in [5, 5.41) is 0. The molecule has 0 amide bonds. The SMILES string of the molecule is CCN(CC)CCOC(=O)c1ccc(OC=O)cc1. The normalized spacial score (nSPS) is 10.3. The number of rotatable bonds is 8. The van der Waals surface area contributed by atoms with Crippen molar-refractivity contribution in [3.05, 3.63) is 29.8 Å². The van der Waals surface area contributed by atoms with Gasteiger partial charge in [0.25, 0.3) is 6.47 Å². The lowest BCUT2D eigenvalue weighted by molar-refractivity contribution is -0.120. The first-order valence-electron chi connectivity index (χ1n) is 6.31. The maximum absolute atomic E-state index is 11.7. The number of ether oxygens (including phenoxy) is 2. The quantitative estimate of drug-likeness (QED) is 0.529. The highest BCUT2D eigenvalue weighted by atomic mass is 16.5. The molecule has 0 spiro atoms. The molecule has 1 aromatic carbocycles. The molecule has 1 rings (SSSR count). The zero-order valence-corrected chi connectivity index (χ0v) is 11.3. The van der Waals surface area contributed by atoms with Crippen LogP contribution in [-0.2, 0) is 9.53 Å². The minimum atomic E-state index is -0.371. The molecule has 19 heavy (non-hydrogen) atoms. The second kappa shape index (κ2) is 8.26. The standard InChI is InChI=1S/C14H19NO4/c1-3-15(4-2)9-10-18-14(17)12-5-7-13(8-6-12)19-11-16/h5-8,11H,3-4,9-10H2,1-2H3. The minimum absolute atomic E-state index is 0.345. The van der Waals surface area contributed by atoms with Crippen LogP contribution < -0.4 is 4.74 Å².